The zero-order chi connectivity index (χ0) is 6.28. The van der Waals surface area contributed by atoms with Gasteiger partial charge in [-0.1, -0.05) is 0 Å². The van der Waals surface area contributed by atoms with E-state index in [2.05, 4.69) is 51.6 Å². The van der Waals surface area contributed by atoms with Crippen LogP contribution in [0.15, 0.2) is 0 Å². The number of hydrogen-bond acceptors (Lipinski definition) is 0. The van der Waals surface area contributed by atoms with E-state index >= 15 is 0 Å². The molecule has 0 heterocycles. The van der Waals surface area contributed by atoms with E-state index in [4.69, 9.17) is 0 Å². The second-order valence-corrected chi connectivity index (χ2v) is 1.78. The van der Waals surface area contributed by atoms with Crippen LogP contribution in [0.4, 0.5) is 0 Å². The number of rotatable bonds is 1. The van der Waals surface area contributed by atoms with Gasteiger partial charge in [0, 0.05) is 501 Å². The molecule has 0 atom stereocenters. The summed E-state index contributed by atoms with van der Waals surface area (Å²) in [5.41, 5.74) is 0. The molecule has 174 valence electrons. The molecular weight excluding hydrogens is 1580 g/mol. The zero-order valence-corrected chi connectivity index (χ0v) is 58.3. The van der Waals surface area contributed by atoms with E-state index in [-0.39, 0.29) is 501 Å². The van der Waals surface area contributed by atoms with E-state index in [0.29, 0.717) is 0 Å². The number of nitrogens with zero attached hydrogens (tertiary/aromatic N) is 1. The van der Waals surface area contributed by atoms with Crippen LogP contribution in [0.2, 0.25) is 0 Å². The predicted molar refractivity (Wildman–Crippen MR) is 20.0 cm³/mol. The Kier molecular flexibility index (Phi) is 2060. The average molecular weight is 1580 g/mol. The first-order chi connectivity index (χ1) is 3.27. The van der Waals surface area contributed by atoms with Crippen molar-refractivity contribution in [3.8, 4) is 0 Å². The van der Waals surface area contributed by atoms with Crippen LogP contribution < -0.4 is 0 Å². The Morgan fingerprint density at radius 2 is 0.353 bits per heavy atom. The van der Waals surface area contributed by atoms with E-state index in [1.165, 1.54) is 0 Å². The fourth-order valence-corrected chi connectivity index (χ4v) is 0. The minimum atomic E-state index is 0. The van der Waals surface area contributed by atoms with Crippen LogP contribution >= 0.6 is 0 Å². The predicted octanol–water partition coefficient (Wildman–Crippen LogP) is 0.614. The van der Waals surface area contributed by atoms with Crippen LogP contribution in [0.3, 0.4) is 0 Å². The van der Waals surface area contributed by atoms with Gasteiger partial charge in [0.2, 0.25) is 0 Å². The van der Waals surface area contributed by atoms with Gasteiger partial charge in [0.25, 0.3) is 0 Å². The third-order valence-electron chi connectivity index (χ3n) is 0.324. The molecule has 1 nitrogen and oxygen atoms in total. The Hall–Kier alpha value is 17.4. The minimum absolute atomic E-state index is 0. The second-order valence-electron chi connectivity index (χ2n) is 0.771. The average Bonchev–Trinajstić information content (AvgIpc) is 1.73. The van der Waals surface area contributed by atoms with Gasteiger partial charge in [-0.05, 0) is 0 Å². The summed E-state index contributed by atoms with van der Waals surface area (Å²) in [6.07, 6.45) is 0. The van der Waals surface area contributed by atoms with E-state index in [1.807, 2.05) is 6.92 Å². The van der Waals surface area contributed by atoms with Crippen molar-refractivity contribution in [1.82, 2.24) is 0 Å². The molecule has 0 N–H and O–H groups in total. The van der Waals surface area contributed by atoms with Crippen molar-refractivity contribution in [3.63, 3.8) is 0 Å². The molecule has 0 aromatic carbocycles. The topological polar surface area (TPSA) is 14.1 Å². The Labute approximate surface area is 556 Å². The van der Waals surface area contributed by atoms with Gasteiger partial charge in [0.05, 0.1) is 0 Å². The Bertz CT molecular complexity index is 65.0. The van der Waals surface area contributed by atoms with Gasteiger partial charge in [0.15, 0.2) is 0 Å². The molecule has 0 aliphatic rings. The molecule has 0 amide bonds. The molecule has 27 radical (unpaired) electrons. The van der Waals surface area contributed by atoms with E-state index < -0.39 is 0 Å². The van der Waals surface area contributed by atoms with E-state index in [1.54, 1.807) is 7.05 Å². The fourth-order valence-electron chi connectivity index (χ4n) is 0. The third-order valence-corrected chi connectivity index (χ3v) is 0.636. The number of hydrogen-bond donors (Lipinski definition) is 0. The standard InChI is InChI=1S/C3H6N.30V/c1-3-4-2;;;;;;;;;;;;;;;;;;;;;;;;;;;;;;/h1-2H3;;;;;;;;;;;;;;;;;;;;;;;;;;;;;;/q-1;;;;;;;;;;;;;;;;;;;;;;;;;;;;;;. The van der Waals surface area contributed by atoms with Crippen molar-refractivity contribution >= 4 is 4.35 Å². The molecular formula is C3H6NV30-. The van der Waals surface area contributed by atoms with Gasteiger partial charge in [-0.25, -0.2) is 0 Å². The SMILES string of the molecule is C[N-][C](C)=[V].[V].[V].[V].[V].[V].[V].[V].[V].[V].[V].[V].[V].[V].[V].[V].[V].[V].[V].[V].[V].[V].[V].[V].[V].[V].[V].[V].[V]=[V]. The molecule has 34 heavy (non-hydrogen) atoms. The molecule has 0 bridgehead atoms. The summed E-state index contributed by atoms with van der Waals surface area (Å²) in [6, 6.07) is 0. The molecule has 0 unspecified atom stereocenters. The summed E-state index contributed by atoms with van der Waals surface area (Å²) < 4.78 is 1.07. The molecule has 0 saturated heterocycles. The van der Waals surface area contributed by atoms with Gasteiger partial charge in [-0.3, -0.25) is 0 Å². The molecule has 0 aromatic rings. The molecule has 0 aromatic heterocycles. The molecule has 0 aliphatic heterocycles. The van der Waals surface area contributed by atoms with Gasteiger partial charge in [-0.15, -0.1) is 0 Å². The molecule has 31 heteroatoms. The summed E-state index contributed by atoms with van der Waals surface area (Å²) in [4.78, 5) is 0. The Morgan fingerprint density at radius 1 is 0.324 bits per heavy atom. The summed E-state index contributed by atoms with van der Waals surface area (Å²) in [5, 5.41) is 3.78. The maximum atomic E-state index is 3.78. The third kappa shape index (κ3) is 308. The van der Waals surface area contributed by atoms with Gasteiger partial charge >= 0.3 is 69.9 Å². The summed E-state index contributed by atoms with van der Waals surface area (Å²) in [5.74, 6) is 0. The first kappa shape index (κ1) is 261. The normalized spacial score (nSPS) is 1.15. The van der Waals surface area contributed by atoms with Gasteiger partial charge in [0.1, 0.15) is 0 Å². The van der Waals surface area contributed by atoms with Crippen molar-refractivity contribution in [3.05, 3.63) is 5.32 Å². The second kappa shape index (κ2) is 269. The molecule has 0 rings (SSSR count). The molecule has 0 saturated carbocycles. The van der Waals surface area contributed by atoms with Crippen LogP contribution in [0, 0.1) is 0 Å². The van der Waals surface area contributed by atoms with Crippen LogP contribution in [-0.4, -0.2) is 11.4 Å². The Morgan fingerprint density at radius 3 is 0.353 bits per heavy atom. The van der Waals surface area contributed by atoms with E-state index in [0.717, 1.165) is 4.35 Å². The molecule has 0 fully saturated rings. The van der Waals surface area contributed by atoms with Crippen molar-refractivity contribution in [2.24, 2.45) is 0 Å². The van der Waals surface area contributed by atoms with Crippen molar-refractivity contribution < 1.29 is 547 Å². The van der Waals surface area contributed by atoms with Crippen LogP contribution in [0.5, 0.6) is 0 Å². The van der Waals surface area contributed by atoms with Gasteiger partial charge < -0.3 is 0 Å². The van der Waals surface area contributed by atoms with Crippen LogP contribution in [0.1, 0.15) is 6.92 Å². The quantitative estimate of drug-likeness (QED) is 0.367. The van der Waals surface area contributed by atoms with Crippen LogP contribution in [0.25, 0.3) is 5.32 Å². The summed E-state index contributed by atoms with van der Waals surface area (Å²) >= 11 is 6.86. The molecule has 0 aliphatic carbocycles. The fraction of sp³-hybridized carbons (Fsp3) is 0.667. The van der Waals surface area contributed by atoms with Crippen LogP contribution in [-0.2, 0) is 547 Å². The van der Waals surface area contributed by atoms with Crippen molar-refractivity contribution in [2.45, 2.75) is 6.92 Å². The monoisotopic (exact) mass is 1580 g/mol. The Balaban J connectivity index is -0.000000000313. The summed E-state index contributed by atoms with van der Waals surface area (Å²) in [7, 11) is 1.77. The first-order valence-electron chi connectivity index (χ1n) is 1.59. The van der Waals surface area contributed by atoms with Crippen molar-refractivity contribution in [1.29, 1.82) is 0 Å². The van der Waals surface area contributed by atoms with E-state index in [9.17, 15) is 0 Å². The maximum absolute atomic E-state index is 3.78. The van der Waals surface area contributed by atoms with Gasteiger partial charge in [-0.2, -0.15) is 0 Å². The molecule has 0 spiro atoms. The summed E-state index contributed by atoms with van der Waals surface area (Å²) in [6.45, 7) is 1.94. The van der Waals surface area contributed by atoms with Crippen molar-refractivity contribution in [2.75, 3.05) is 7.05 Å². The first-order valence-corrected chi connectivity index (χ1v) is 5.49. The zero-order valence-electron chi connectivity index (χ0n) is 16.4.